The Morgan fingerprint density at radius 2 is 1.68 bits per heavy atom. The largest absolute Gasteiger partial charge is 0.303 e. The third kappa shape index (κ3) is 2.66. The Morgan fingerprint density at radius 3 is 2.32 bits per heavy atom. The van der Waals surface area contributed by atoms with Gasteiger partial charge in [0.15, 0.2) is 0 Å². The lowest BCUT2D eigenvalue weighted by Gasteiger charge is -2.30. The Kier molecular flexibility index (Phi) is 4.10. The van der Waals surface area contributed by atoms with Gasteiger partial charge in [-0.25, -0.2) is 5.43 Å². The molecule has 4 unspecified atom stereocenters. The van der Waals surface area contributed by atoms with E-state index >= 15 is 0 Å². The number of hydrazine groups is 1. The van der Waals surface area contributed by atoms with Crippen LogP contribution < -0.4 is 15.8 Å². The molecule has 0 aromatic heterocycles. The molecule has 2 aromatic rings. The Bertz CT molecular complexity index is 769. The SMILES string of the molecule is CCc1ccc(C2C3C(C)NNC3C(=O)N2c2ccc(C)cc2)cc1. The minimum Gasteiger partial charge on any atom is -0.303 e. The number of carbonyl (C=O) groups excluding carboxylic acids is 1. The average molecular weight is 335 g/mol. The summed E-state index contributed by atoms with van der Waals surface area (Å²) in [6, 6.07) is 17.1. The van der Waals surface area contributed by atoms with Gasteiger partial charge in [0, 0.05) is 17.6 Å². The molecule has 2 N–H and O–H groups in total. The molecule has 0 spiro atoms. The molecule has 0 saturated carbocycles. The molecule has 25 heavy (non-hydrogen) atoms. The van der Waals surface area contributed by atoms with Crippen LogP contribution in [0.3, 0.4) is 0 Å². The highest BCUT2D eigenvalue weighted by Crippen LogP contribution is 2.44. The molecule has 2 fully saturated rings. The maximum absolute atomic E-state index is 13.1. The van der Waals surface area contributed by atoms with Crippen LogP contribution in [0.25, 0.3) is 0 Å². The molecule has 130 valence electrons. The molecule has 0 aliphatic carbocycles. The summed E-state index contributed by atoms with van der Waals surface area (Å²) in [5, 5.41) is 0. The van der Waals surface area contributed by atoms with E-state index in [0.29, 0.717) is 0 Å². The molecular weight excluding hydrogens is 310 g/mol. The van der Waals surface area contributed by atoms with Gasteiger partial charge in [-0.1, -0.05) is 48.9 Å². The first-order chi connectivity index (χ1) is 12.1. The van der Waals surface area contributed by atoms with Crippen molar-refractivity contribution in [3.05, 3.63) is 65.2 Å². The van der Waals surface area contributed by atoms with Crippen molar-refractivity contribution in [1.82, 2.24) is 10.9 Å². The van der Waals surface area contributed by atoms with Gasteiger partial charge in [0.05, 0.1) is 6.04 Å². The molecule has 2 aromatic carbocycles. The van der Waals surface area contributed by atoms with E-state index in [9.17, 15) is 4.79 Å². The summed E-state index contributed by atoms with van der Waals surface area (Å²) in [7, 11) is 0. The fourth-order valence-electron chi connectivity index (χ4n) is 4.16. The smallest absolute Gasteiger partial charge is 0.246 e. The molecule has 4 rings (SSSR count). The van der Waals surface area contributed by atoms with Gasteiger partial charge in [0.1, 0.15) is 6.04 Å². The van der Waals surface area contributed by atoms with E-state index in [2.05, 4.69) is 80.2 Å². The van der Waals surface area contributed by atoms with Crippen molar-refractivity contribution in [1.29, 1.82) is 0 Å². The van der Waals surface area contributed by atoms with Gasteiger partial charge < -0.3 is 4.90 Å². The van der Waals surface area contributed by atoms with E-state index in [4.69, 9.17) is 0 Å². The molecule has 0 radical (unpaired) electrons. The second-order valence-electron chi connectivity index (χ2n) is 7.22. The second kappa shape index (κ2) is 6.28. The fraction of sp³-hybridized carbons (Fsp3) is 0.381. The number of hydrogen-bond donors (Lipinski definition) is 2. The van der Waals surface area contributed by atoms with Crippen LogP contribution in [0, 0.1) is 12.8 Å². The van der Waals surface area contributed by atoms with E-state index in [1.807, 2.05) is 4.90 Å². The van der Waals surface area contributed by atoms with Crippen molar-refractivity contribution in [3.63, 3.8) is 0 Å². The standard InChI is InChI=1S/C21H25N3O/c1-4-15-7-9-16(10-8-15)20-18-14(3)22-23-19(18)21(25)24(20)17-11-5-13(2)6-12-17/h5-12,14,18-20,22-23H,4H2,1-3H3. The minimum absolute atomic E-state index is 0.0450. The Balaban J connectivity index is 1.79. The van der Waals surface area contributed by atoms with Gasteiger partial charge in [-0.3, -0.25) is 10.2 Å². The van der Waals surface area contributed by atoms with Crippen molar-refractivity contribution < 1.29 is 4.79 Å². The van der Waals surface area contributed by atoms with Crippen LogP contribution in [0.4, 0.5) is 5.69 Å². The van der Waals surface area contributed by atoms with E-state index < -0.39 is 0 Å². The number of fused-ring (bicyclic) bond motifs is 1. The molecule has 1 amide bonds. The fourth-order valence-corrected chi connectivity index (χ4v) is 4.16. The van der Waals surface area contributed by atoms with Crippen LogP contribution >= 0.6 is 0 Å². The molecule has 0 bridgehead atoms. The third-order valence-corrected chi connectivity index (χ3v) is 5.62. The lowest BCUT2D eigenvalue weighted by atomic mass is 9.87. The number of amides is 1. The number of hydrogen-bond acceptors (Lipinski definition) is 3. The molecule has 4 atom stereocenters. The van der Waals surface area contributed by atoms with Gasteiger partial charge in [-0.05, 0) is 43.5 Å². The molecule has 4 heteroatoms. The van der Waals surface area contributed by atoms with E-state index in [1.165, 1.54) is 16.7 Å². The second-order valence-corrected chi connectivity index (χ2v) is 7.22. The van der Waals surface area contributed by atoms with Gasteiger partial charge in [0.2, 0.25) is 5.91 Å². The van der Waals surface area contributed by atoms with Crippen molar-refractivity contribution in [2.45, 2.75) is 45.3 Å². The van der Waals surface area contributed by atoms with E-state index in [1.54, 1.807) is 0 Å². The number of rotatable bonds is 3. The predicted octanol–water partition coefficient (Wildman–Crippen LogP) is 3.13. The van der Waals surface area contributed by atoms with E-state index in [-0.39, 0.29) is 30.0 Å². The van der Waals surface area contributed by atoms with Gasteiger partial charge in [0.25, 0.3) is 0 Å². The zero-order valence-corrected chi connectivity index (χ0v) is 15.0. The summed E-state index contributed by atoms with van der Waals surface area (Å²) >= 11 is 0. The maximum Gasteiger partial charge on any atom is 0.246 e. The summed E-state index contributed by atoms with van der Waals surface area (Å²) < 4.78 is 0. The molecule has 4 nitrogen and oxygen atoms in total. The van der Waals surface area contributed by atoms with Gasteiger partial charge >= 0.3 is 0 Å². The van der Waals surface area contributed by atoms with Crippen molar-refractivity contribution in [2.75, 3.05) is 4.90 Å². The first-order valence-corrected chi connectivity index (χ1v) is 9.09. The molecule has 2 heterocycles. The van der Waals surface area contributed by atoms with Crippen molar-refractivity contribution in [3.8, 4) is 0 Å². The highest BCUT2D eigenvalue weighted by molar-refractivity contribution is 6.01. The maximum atomic E-state index is 13.1. The van der Waals surface area contributed by atoms with E-state index in [0.717, 1.165) is 12.1 Å². The summed E-state index contributed by atoms with van der Waals surface area (Å²) in [5.41, 5.74) is 11.2. The van der Waals surface area contributed by atoms with Gasteiger partial charge in [-0.2, -0.15) is 0 Å². The number of aryl methyl sites for hydroxylation is 2. The normalized spacial score (nSPS) is 28.4. The number of benzene rings is 2. The van der Waals surface area contributed by atoms with Crippen LogP contribution in [0.5, 0.6) is 0 Å². The number of carbonyl (C=O) groups is 1. The Labute approximate surface area is 149 Å². The summed E-state index contributed by atoms with van der Waals surface area (Å²) in [4.78, 5) is 15.1. The van der Waals surface area contributed by atoms with Crippen LogP contribution in [-0.4, -0.2) is 18.0 Å². The van der Waals surface area contributed by atoms with Gasteiger partial charge in [-0.15, -0.1) is 0 Å². The van der Waals surface area contributed by atoms with Crippen LogP contribution in [0.1, 0.15) is 36.6 Å². The predicted molar refractivity (Wildman–Crippen MR) is 100 cm³/mol. The van der Waals surface area contributed by atoms with Crippen LogP contribution in [0.15, 0.2) is 48.5 Å². The van der Waals surface area contributed by atoms with Crippen LogP contribution in [0.2, 0.25) is 0 Å². The summed E-state index contributed by atoms with van der Waals surface area (Å²) in [5.74, 6) is 0.358. The zero-order chi connectivity index (χ0) is 17.6. The lowest BCUT2D eigenvalue weighted by Crippen LogP contribution is -2.42. The Hall–Kier alpha value is -2.17. The molecule has 2 saturated heterocycles. The number of nitrogens with zero attached hydrogens (tertiary/aromatic N) is 1. The average Bonchev–Trinajstić information content (AvgIpc) is 3.15. The third-order valence-electron chi connectivity index (χ3n) is 5.62. The molecule has 2 aliphatic heterocycles. The highest BCUT2D eigenvalue weighted by atomic mass is 16.2. The topological polar surface area (TPSA) is 44.4 Å². The number of anilines is 1. The summed E-state index contributed by atoms with van der Waals surface area (Å²) in [6.07, 6.45) is 1.02. The number of nitrogens with one attached hydrogen (secondary N) is 2. The first-order valence-electron chi connectivity index (χ1n) is 9.09. The first kappa shape index (κ1) is 16.3. The van der Waals surface area contributed by atoms with Crippen molar-refractivity contribution >= 4 is 11.6 Å². The quantitative estimate of drug-likeness (QED) is 0.906. The summed E-state index contributed by atoms with van der Waals surface area (Å²) in [6.45, 7) is 6.38. The minimum atomic E-state index is -0.174. The zero-order valence-electron chi connectivity index (χ0n) is 15.0. The highest BCUT2D eigenvalue weighted by Gasteiger charge is 2.54. The Morgan fingerprint density at radius 1 is 1.00 bits per heavy atom. The monoisotopic (exact) mass is 335 g/mol. The lowest BCUT2D eigenvalue weighted by molar-refractivity contribution is -0.119. The molecule has 2 aliphatic rings. The molecular formula is C21H25N3O. The van der Waals surface area contributed by atoms with Crippen molar-refractivity contribution in [2.24, 2.45) is 5.92 Å². The van der Waals surface area contributed by atoms with Crippen LogP contribution in [-0.2, 0) is 11.2 Å².